The predicted molar refractivity (Wildman–Crippen MR) is 104 cm³/mol. The Morgan fingerprint density at radius 1 is 1.23 bits per heavy atom. The minimum atomic E-state index is -0.181. The van der Waals surface area contributed by atoms with Gasteiger partial charge < -0.3 is 9.84 Å². The molecule has 3 aromatic rings. The van der Waals surface area contributed by atoms with Crippen LogP contribution in [0.4, 0.5) is 16.7 Å². The van der Waals surface area contributed by atoms with E-state index in [9.17, 15) is 4.79 Å². The zero-order chi connectivity index (χ0) is 18.6. The first-order valence-corrected chi connectivity index (χ1v) is 9.76. The van der Waals surface area contributed by atoms with E-state index < -0.39 is 0 Å². The smallest absolute Gasteiger partial charge is 0.237 e. The number of nitrogens with zero attached hydrogens (tertiary/aromatic N) is 3. The van der Waals surface area contributed by atoms with E-state index in [1.807, 2.05) is 51.1 Å². The summed E-state index contributed by atoms with van der Waals surface area (Å²) < 4.78 is 5.87. The second kappa shape index (κ2) is 7.88. The average Bonchev–Trinajstić information content (AvgIpc) is 3.23. The number of carbonyl (C=O) groups excluding carboxylic acids is 1. The highest BCUT2D eigenvalue weighted by Gasteiger charge is 2.19. The van der Waals surface area contributed by atoms with Crippen LogP contribution >= 0.6 is 23.1 Å². The summed E-state index contributed by atoms with van der Waals surface area (Å²) in [5.41, 5.74) is 1.61. The van der Waals surface area contributed by atoms with Gasteiger partial charge in [-0.3, -0.25) is 10.1 Å². The van der Waals surface area contributed by atoms with Gasteiger partial charge in [0.2, 0.25) is 16.9 Å². The molecule has 0 spiro atoms. The van der Waals surface area contributed by atoms with Crippen LogP contribution in [-0.4, -0.2) is 27.0 Å². The molecule has 136 valence electrons. The van der Waals surface area contributed by atoms with Gasteiger partial charge in [-0.2, -0.15) is 0 Å². The van der Waals surface area contributed by atoms with Gasteiger partial charge in [0.15, 0.2) is 4.34 Å². The Balaban J connectivity index is 1.50. The molecule has 0 unspecified atom stereocenters. The van der Waals surface area contributed by atoms with Crippen LogP contribution in [0.2, 0.25) is 0 Å². The standard InChI is InChI=1S/C17H19N5O2S2/c1-17(2,3)12-9-14(24-22-12)19-13(23)10-25-16-21-20-15(26-16)18-11-7-5-4-6-8-11/h4-9H,10H2,1-3H3,(H,18,20)(H,19,23). The normalized spacial score (nSPS) is 11.3. The molecule has 0 saturated carbocycles. The lowest BCUT2D eigenvalue weighted by atomic mass is 9.92. The Labute approximate surface area is 159 Å². The van der Waals surface area contributed by atoms with Gasteiger partial charge in [0.1, 0.15) is 0 Å². The monoisotopic (exact) mass is 389 g/mol. The van der Waals surface area contributed by atoms with Crippen LogP contribution in [0.15, 0.2) is 45.3 Å². The molecule has 0 radical (unpaired) electrons. The van der Waals surface area contributed by atoms with Crippen molar-refractivity contribution in [1.82, 2.24) is 15.4 Å². The molecule has 9 heteroatoms. The molecule has 2 heterocycles. The molecule has 26 heavy (non-hydrogen) atoms. The highest BCUT2D eigenvalue weighted by atomic mass is 32.2. The van der Waals surface area contributed by atoms with E-state index in [0.717, 1.165) is 11.4 Å². The lowest BCUT2D eigenvalue weighted by Crippen LogP contribution is -2.14. The quantitative estimate of drug-likeness (QED) is 0.607. The van der Waals surface area contributed by atoms with Crippen LogP contribution in [-0.2, 0) is 10.2 Å². The molecule has 7 nitrogen and oxygen atoms in total. The third kappa shape index (κ3) is 5.06. The van der Waals surface area contributed by atoms with Crippen LogP contribution in [0.1, 0.15) is 26.5 Å². The summed E-state index contributed by atoms with van der Waals surface area (Å²) in [5, 5.41) is 18.7. The second-order valence-electron chi connectivity index (χ2n) is 6.53. The van der Waals surface area contributed by atoms with Gasteiger partial charge in [-0.1, -0.05) is 67.2 Å². The fourth-order valence-corrected chi connectivity index (χ4v) is 3.52. The maximum absolute atomic E-state index is 12.1. The number of para-hydroxylation sites is 1. The van der Waals surface area contributed by atoms with Crippen LogP contribution in [0.5, 0.6) is 0 Å². The van der Waals surface area contributed by atoms with E-state index in [2.05, 4.69) is 26.0 Å². The molecule has 0 aliphatic rings. The molecule has 3 rings (SSSR count). The van der Waals surface area contributed by atoms with Gasteiger partial charge in [0, 0.05) is 17.2 Å². The molecule has 0 atom stereocenters. The SMILES string of the molecule is CC(C)(C)c1cc(NC(=O)CSc2nnc(Nc3ccccc3)s2)on1. The highest BCUT2D eigenvalue weighted by Crippen LogP contribution is 2.28. The number of benzene rings is 1. The minimum absolute atomic E-state index is 0.129. The number of anilines is 3. The lowest BCUT2D eigenvalue weighted by molar-refractivity contribution is -0.113. The molecule has 2 N–H and O–H groups in total. The van der Waals surface area contributed by atoms with Gasteiger partial charge in [0.25, 0.3) is 0 Å². The Hall–Kier alpha value is -2.39. The third-order valence-electron chi connectivity index (χ3n) is 3.30. The van der Waals surface area contributed by atoms with E-state index >= 15 is 0 Å². The molecular weight excluding hydrogens is 370 g/mol. The first kappa shape index (κ1) is 18.4. The number of rotatable bonds is 6. The van der Waals surface area contributed by atoms with Gasteiger partial charge in [-0.25, -0.2) is 0 Å². The largest absolute Gasteiger partial charge is 0.338 e. The molecular formula is C17H19N5O2S2. The zero-order valence-electron chi connectivity index (χ0n) is 14.6. The topological polar surface area (TPSA) is 92.9 Å². The Morgan fingerprint density at radius 3 is 2.69 bits per heavy atom. The highest BCUT2D eigenvalue weighted by molar-refractivity contribution is 8.01. The molecule has 2 aromatic heterocycles. The van der Waals surface area contributed by atoms with Gasteiger partial charge >= 0.3 is 0 Å². The summed E-state index contributed by atoms with van der Waals surface area (Å²) in [6.07, 6.45) is 0. The lowest BCUT2D eigenvalue weighted by Gasteiger charge is -2.12. The fraction of sp³-hybridized carbons (Fsp3) is 0.294. The molecule has 0 aliphatic carbocycles. The van der Waals surface area contributed by atoms with Crippen molar-refractivity contribution in [2.45, 2.75) is 30.5 Å². The van der Waals surface area contributed by atoms with Crippen molar-refractivity contribution in [3.05, 3.63) is 42.1 Å². The second-order valence-corrected chi connectivity index (χ2v) is 8.73. The maximum atomic E-state index is 12.1. The van der Waals surface area contributed by atoms with E-state index in [1.165, 1.54) is 23.1 Å². The Kier molecular flexibility index (Phi) is 5.58. The first-order chi connectivity index (χ1) is 12.4. The van der Waals surface area contributed by atoms with Gasteiger partial charge in [-0.05, 0) is 12.1 Å². The number of aromatic nitrogens is 3. The van der Waals surface area contributed by atoms with Gasteiger partial charge in [-0.15, -0.1) is 10.2 Å². The van der Waals surface area contributed by atoms with E-state index in [0.29, 0.717) is 15.4 Å². The summed E-state index contributed by atoms with van der Waals surface area (Å²) in [6.45, 7) is 6.09. The van der Waals surface area contributed by atoms with Crippen LogP contribution in [0.3, 0.4) is 0 Å². The predicted octanol–water partition coefficient (Wildman–Crippen LogP) is 4.30. The Morgan fingerprint density at radius 2 is 2.00 bits per heavy atom. The number of nitrogens with one attached hydrogen (secondary N) is 2. The van der Waals surface area contributed by atoms with E-state index in [-0.39, 0.29) is 17.1 Å². The van der Waals surface area contributed by atoms with Crippen LogP contribution in [0, 0.1) is 0 Å². The molecule has 1 aromatic carbocycles. The third-order valence-corrected chi connectivity index (χ3v) is 5.27. The fourth-order valence-electron chi connectivity index (χ4n) is 1.95. The number of thioether (sulfide) groups is 1. The zero-order valence-corrected chi connectivity index (χ0v) is 16.3. The van der Waals surface area contributed by atoms with Crippen molar-refractivity contribution in [2.24, 2.45) is 0 Å². The van der Waals surface area contributed by atoms with Crippen LogP contribution in [0.25, 0.3) is 0 Å². The number of hydrogen-bond donors (Lipinski definition) is 2. The Bertz CT molecular complexity index is 871. The molecule has 0 fully saturated rings. The average molecular weight is 390 g/mol. The van der Waals surface area contributed by atoms with Gasteiger partial charge in [0.05, 0.1) is 11.4 Å². The summed E-state index contributed by atoms with van der Waals surface area (Å²) in [5.74, 6) is 0.384. The summed E-state index contributed by atoms with van der Waals surface area (Å²) in [4.78, 5) is 12.1. The summed E-state index contributed by atoms with van der Waals surface area (Å²) >= 11 is 2.72. The van der Waals surface area contributed by atoms with E-state index in [4.69, 9.17) is 4.52 Å². The molecule has 1 amide bonds. The molecule has 0 aliphatic heterocycles. The molecule has 0 saturated heterocycles. The van der Waals surface area contributed by atoms with Crippen molar-refractivity contribution in [2.75, 3.05) is 16.4 Å². The van der Waals surface area contributed by atoms with Crippen molar-refractivity contribution in [1.29, 1.82) is 0 Å². The van der Waals surface area contributed by atoms with Crippen molar-refractivity contribution >= 4 is 45.7 Å². The summed E-state index contributed by atoms with van der Waals surface area (Å²) in [7, 11) is 0. The van der Waals surface area contributed by atoms with Crippen molar-refractivity contribution in [3.8, 4) is 0 Å². The molecule has 0 bridgehead atoms. The number of hydrogen-bond acceptors (Lipinski definition) is 8. The maximum Gasteiger partial charge on any atom is 0.237 e. The van der Waals surface area contributed by atoms with E-state index in [1.54, 1.807) is 6.07 Å². The number of amides is 1. The van der Waals surface area contributed by atoms with Crippen LogP contribution < -0.4 is 10.6 Å². The minimum Gasteiger partial charge on any atom is -0.338 e. The first-order valence-electron chi connectivity index (χ1n) is 7.95. The summed E-state index contributed by atoms with van der Waals surface area (Å²) in [6, 6.07) is 11.5. The number of carbonyl (C=O) groups is 1. The van der Waals surface area contributed by atoms with Crippen molar-refractivity contribution in [3.63, 3.8) is 0 Å². The van der Waals surface area contributed by atoms with Crippen molar-refractivity contribution < 1.29 is 9.32 Å².